The highest BCUT2D eigenvalue weighted by atomic mass is 28.3. The first-order chi connectivity index (χ1) is 9.16. The van der Waals surface area contributed by atoms with Gasteiger partial charge in [0, 0.05) is 6.42 Å². The van der Waals surface area contributed by atoms with Gasteiger partial charge in [0.2, 0.25) is 0 Å². The summed E-state index contributed by atoms with van der Waals surface area (Å²) in [5, 5.41) is 10.9. The van der Waals surface area contributed by atoms with Crippen molar-refractivity contribution in [2.75, 3.05) is 0 Å². The molecule has 0 aromatic rings. The molecule has 3 nitrogen and oxygen atoms in total. The fraction of sp³-hybridized carbons (Fsp3) is 0.625. The van der Waals surface area contributed by atoms with Crippen LogP contribution in [-0.4, -0.2) is 30.9 Å². The minimum Gasteiger partial charge on any atom is -0.374 e. The second-order valence-corrected chi connectivity index (χ2v) is 11.8. The van der Waals surface area contributed by atoms with E-state index in [1.807, 2.05) is 6.92 Å². The predicted octanol–water partition coefficient (Wildman–Crippen LogP) is 2.11. The fourth-order valence-corrected chi connectivity index (χ4v) is 3.61. The lowest BCUT2D eigenvalue weighted by Crippen LogP contribution is -2.32. The fourth-order valence-electron chi connectivity index (χ4n) is 3.03. The van der Waals surface area contributed by atoms with Gasteiger partial charge >= 0.3 is 0 Å². The van der Waals surface area contributed by atoms with Crippen LogP contribution in [0.1, 0.15) is 26.2 Å². The Bertz CT molecular complexity index is 544. The van der Waals surface area contributed by atoms with E-state index in [2.05, 4.69) is 31.1 Å². The lowest BCUT2D eigenvalue weighted by molar-refractivity contribution is -0.127. The number of Topliss-reactive ketones (excluding diaryl/α,β-unsaturated/α-hetero) is 1. The van der Waals surface area contributed by atoms with Crippen LogP contribution in [0.2, 0.25) is 19.6 Å². The number of aliphatic hydroxyl groups is 1. The van der Waals surface area contributed by atoms with Crippen LogP contribution < -0.4 is 0 Å². The molecule has 0 bridgehead atoms. The Morgan fingerprint density at radius 3 is 2.60 bits per heavy atom. The molecule has 108 valence electrons. The van der Waals surface area contributed by atoms with Crippen molar-refractivity contribution in [3.05, 3.63) is 11.1 Å². The van der Waals surface area contributed by atoms with Gasteiger partial charge in [0.1, 0.15) is 25.7 Å². The van der Waals surface area contributed by atoms with Gasteiger partial charge in [0.25, 0.3) is 0 Å². The molecule has 0 aliphatic heterocycles. The van der Waals surface area contributed by atoms with E-state index in [9.17, 15) is 14.7 Å². The quantitative estimate of drug-likeness (QED) is 0.264. The molecular weight excluding hydrogens is 268 g/mol. The zero-order valence-electron chi connectivity index (χ0n) is 12.6. The summed E-state index contributed by atoms with van der Waals surface area (Å²) in [6, 6.07) is 0. The molecule has 0 aromatic carbocycles. The molecule has 2 rings (SSSR count). The second-order valence-electron chi connectivity index (χ2n) is 7.06. The van der Waals surface area contributed by atoms with Crippen molar-refractivity contribution in [2.24, 2.45) is 11.8 Å². The Kier molecular flexibility index (Phi) is 3.79. The molecule has 0 fully saturated rings. The maximum Gasteiger partial charge on any atom is 0.147 e. The summed E-state index contributed by atoms with van der Waals surface area (Å²) >= 11 is 0. The van der Waals surface area contributed by atoms with E-state index in [1.165, 1.54) is 0 Å². The Morgan fingerprint density at radius 1 is 1.40 bits per heavy atom. The van der Waals surface area contributed by atoms with Crippen molar-refractivity contribution in [3.8, 4) is 11.5 Å². The molecule has 0 amide bonds. The first-order valence-corrected chi connectivity index (χ1v) is 10.6. The zero-order valence-corrected chi connectivity index (χ0v) is 13.6. The molecule has 2 aliphatic carbocycles. The van der Waals surface area contributed by atoms with E-state index >= 15 is 0 Å². The van der Waals surface area contributed by atoms with Crippen LogP contribution in [0.15, 0.2) is 11.1 Å². The number of carbonyl (C=O) groups is 2. The zero-order chi connectivity index (χ0) is 15.1. The number of hydrogen-bond acceptors (Lipinski definition) is 3. The molecule has 0 aromatic heterocycles. The SMILES string of the molecule is CC1C[C@](O)(C#C[Si](C)(C)C)C2=C1CC(=O)[C@H](C=O)C2. The third kappa shape index (κ3) is 2.79. The van der Waals surface area contributed by atoms with Crippen molar-refractivity contribution < 1.29 is 14.7 Å². The standard InChI is InChI=1S/C16H22O3Si/c1-11-9-16(19,5-6-20(2,3)4)14-7-12(10-17)15(18)8-13(11)14/h10-12,19H,7-9H2,1-4H3/t11?,12-,16+/m0/s1. The van der Waals surface area contributed by atoms with Gasteiger partial charge in [-0.05, 0) is 24.3 Å². The van der Waals surface area contributed by atoms with Gasteiger partial charge in [-0.25, -0.2) is 0 Å². The first-order valence-electron chi connectivity index (χ1n) is 7.13. The molecule has 20 heavy (non-hydrogen) atoms. The van der Waals surface area contributed by atoms with E-state index in [-0.39, 0.29) is 11.7 Å². The molecule has 1 N–H and O–H groups in total. The predicted molar refractivity (Wildman–Crippen MR) is 80.7 cm³/mol. The molecule has 3 atom stereocenters. The highest BCUT2D eigenvalue weighted by Crippen LogP contribution is 2.46. The van der Waals surface area contributed by atoms with Crippen molar-refractivity contribution in [2.45, 2.75) is 51.4 Å². The Balaban J connectivity index is 2.40. The van der Waals surface area contributed by atoms with Gasteiger partial charge < -0.3 is 9.90 Å². The summed E-state index contributed by atoms with van der Waals surface area (Å²) in [5.74, 6) is 2.62. The summed E-state index contributed by atoms with van der Waals surface area (Å²) < 4.78 is 0. The summed E-state index contributed by atoms with van der Waals surface area (Å²) in [7, 11) is -1.57. The molecule has 1 unspecified atom stereocenters. The number of ketones is 1. The third-order valence-electron chi connectivity index (χ3n) is 4.09. The van der Waals surface area contributed by atoms with E-state index < -0.39 is 19.6 Å². The summed E-state index contributed by atoms with van der Waals surface area (Å²) in [5.41, 5.74) is 3.96. The van der Waals surface area contributed by atoms with Gasteiger partial charge in [0.05, 0.1) is 5.92 Å². The number of carbonyl (C=O) groups excluding carboxylic acids is 2. The Hall–Kier alpha value is -1.18. The van der Waals surface area contributed by atoms with Crippen molar-refractivity contribution in [1.29, 1.82) is 0 Å². The normalized spacial score (nSPS) is 33.5. The number of hydrogen-bond donors (Lipinski definition) is 1. The van der Waals surface area contributed by atoms with Crippen LogP contribution in [0.5, 0.6) is 0 Å². The van der Waals surface area contributed by atoms with Crippen LogP contribution >= 0.6 is 0 Å². The molecule has 0 heterocycles. The maximum absolute atomic E-state index is 11.9. The molecule has 0 radical (unpaired) electrons. The first kappa shape index (κ1) is 15.2. The summed E-state index contributed by atoms with van der Waals surface area (Å²) in [6.07, 6.45) is 1.91. The van der Waals surface area contributed by atoms with Gasteiger partial charge in [-0.3, -0.25) is 4.79 Å². The summed E-state index contributed by atoms with van der Waals surface area (Å²) in [4.78, 5) is 22.9. The molecule has 0 spiro atoms. The van der Waals surface area contributed by atoms with Crippen LogP contribution in [0, 0.1) is 23.3 Å². The monoisotopic (exact) mass is 290 g/mol. The molecule has 0 saturated carbocycles. The van der Waals surface area contributed by atoms with Crippen LogP contribution in [-0.2, 0) is 9.59 Å². The highest BCUT2D eigenvalue weighted by Gasteiger charge is 2.46. The maximum atomic E-state index is 11.9. The minimum absolute atomic E-state index is 0.0204. The average molecular weight is 290 g/mol. The smallest absolute Gasteiger partial charge is 0.147 e. The average Bonchev–Trinajstić information content (AvgIpc) is 2.58. The number of rotatable bonds is 1. The van der Waals surface area contributed by atoms with Gasteiger partial charge in [-0.15, -0.1) is 5.54 Å². The van der Waals surface area contributed by atoms with E-state index in [0.717, 1.165) is 11.1 Å². The van der Waals surface area contributed by atoms with Gasteiger partial charge in [-0.1, -0.05) is 38.1 Å². The van der Waals surface area contributed by atoms with E-state index in [0.29, 0.717) is 25.5 Å². The minimum atomic E-state index is -1.57. The van der Waals surface area contributed by atoms with Crippen LogP contribution in [0.3, 0.4) is 0 Å². The van der Waals surface area contributed by atoms with Crippen molar-refractivity contribution in [3.63, 3.8) is 0 Å². The molecular formula is C16H22O3Si. The van der Waals surface area contributed by atoms with E-state index in [1.54, 1.807) is 0 Å². The topological polar surface area (TPSA) is 54.4 Å². The van der Waals surface area contributed by atoms with Crippen LogP contribution in [0.25, 0.3) is 0 Å². The number of aldehydes is 1. The van der Waals surface area contributed by atoms with Crippen molar-refractivity contribution >= 4 is 20.1 Å². The summed E-state index contributed by atoms with van der Waals surface area (Å²) in [6.45, 7) is 8.43. The van der Waals surface area contributed by atoms with E-state index in [4.69, 9.17) is 0 Å². The van der Waals surface area contributed by atoms with Gasteiger partial charge in [0.15, 0.2) is 0 Å². The molecule has 0 saturated heterocycles. The highest BCUT2D eigenvalue weighted by molar-refractivity contribution is 6.83. The van der Waals surface area contributed by atoms with Gasteiger partial charge in [-0.2, -0.15) is 0 Å². The number of allylic oxidation sites excluding steroid dienone is 1. The van der Waals surface area contributed by atoms with Crippen LogP contribution in [0.4, 0.5) is 0 Å². The molecule has 2 aliphatic rings. The Morgan fingerprint density at radius 2 is 2.05 bits per heavy atom. The Labute approximate surface area is 121 Å². The third-order valence-corrected chi connectivity index (χ3v) is 4.97. The molecule has 4 heteroatoms. The largest absolute Gasteiger partial charge is 0.374 e. The lowest BCUT2D eigenvalue weighted by atomic mass is 9.80. The second kappa shape index (κ2) is 4.98. The lowest BCUT2D eigenvalue weighted by Gasteiger charge is -2.26. The van der Waals surface area contributed by atoms with Crippen molar-refractivity contribution in [1.82, 2.24) is 0 Å².